The molecule has 6 heteroatoms. The molecule has 3 amide bonds. The second-order valence-corrected chi connectivity index (χ2v) is 8.52. The summed E-state index contributed by atoms with van der Waals surface area (Å²) in [5.74, 6) is -0.168. The summed E-state index contributed by atoms with van der Waals surface area (Å²) in [5.41, 5.74) is 3.97. The van der Waals surface area contributed by atoms with E-state index in [2.05, 4.69) is 46.8 Å². The Morgan fingerprint density at radius 2 is 1.44 bits per heavy atom. The first-order valence-corrected chi connectivity index (χ1v) is 12.5. The van der Waals surface area contributed by atoms with Gasteiger partial charge in [0.05, 0.1) is 6.04 Å². The summed E-state index contributed by atoms with van der Waals surface area (Å²) in [6.45, 7) is 7.51. The highest BCUT2D eigenvalue weighted by Gasteiger charge is 2.12. The Morgan fingerprint density at radius 1 is 0.833 bits per heavy atom. The fourth-order valence-corrected chi connectivity index (χ4v) is 3.89. The van der Waals surface area contributed by atoms with Gasteiger partial charge in [-0.3, -0.25) is 4.79 Å². The number of carbonyl (C=O) groups excluding carboxylic acids is 2. The third-order valence-electron chi connectivity index (χ3n) is 5.97. The molecule has 0 spiro atoms. The van der Waals surface area contributed by atoms with Crippen molar-refractivity contribution in [2.24, 2.45) is 0 Å². The first-order valence-electron chi connectivity index (χ1n) is 12.5. The third kappa shape index (κ3) is 9.04. The summed E-state index contributed by atoms with van der Waals surface area (Å²) in [5, 5.41) is 8.79. The van der Waals surface area contributed by atoms with Gasteiger partial charge in [-0.1, -0.05) is 92.7 Å². The van der Waals surface area contributed by atoms with Gasteiger partial charge in [-0.25, -0.2) is 4.79 Å². The molecule has 188 valence electrons. The largest absolute Gasteiger partial charge is 0.351 e. The molecule has 0 fully saturated rings. The SMILES string of the molecule is CCN(CC)CCNC(=O)C=C[C@H](Cc1ccccc1)NC(=O)Nc1ccc(-c2ccccc2)cc1. The van der Waals surface area contributed by atoms with E-state index in [0.717, 1.165) is 36.3 Å². The highest BCUT2D eigenvalue weighted by atomic mass is 16.2. The zero-order valence-electron chi connectivity index (χ0n) is 21.1. The van der Waals surface area contributed by atoms with E-state index in [9.17, 15) is 9.59 Å². The first kappa shape index (κ1) is 26.7. The monoisotopic (exact) mass is 484 g/mol. The number of nitrogens with zero attached hydrogens (tertiary/aromatic N) is 1. The molecule has 0 saturated heterocycles. The van der Waals surface area contributed by atoms with Crippen molar-refractivity contribution in [3.63, 3.8) is 0 Å². The molecule has 0 saturated carbocycles. The van der Waals surface area contributed by atoms with Crippen LogP contribution in [0.2, 0.25) is 0 Å². The van der Waals surface area contributed by atoms with E-state index in [4.69, 9.17) is 0 Å². The molecule has 0 aliphatic heterocycles. The Kier molecular flexibility index (Phi) is 10.7. The van der Waals surface area contributed by atoms with Gasteiger partial charge in [0.1, 0.15) is 0 Å². The molecule has 0 aliphatic carbocycles. The lowest BCUT2D eigenvalue weighted by atomic mass is 10.1. The highest BCUT2D eigenvalue weighted by Crippen LogP contribution is 2.21. The lowest BCUT2D eigenvalue weighted by molar-refractivity contribution is -0.116. The minimum atomic E-state index is -0.343. The highest BCUT2D eigenvalue weighted by molar-refractivity contribution is 5.90. The average molecular weight is 485 g/mol. The lowest BCUT2D eigenvalue weighted by Gasteiger charge is -2.18. The van der Waals surface area contributed by atoms with E-state index in [1.165, 1.54) is 6.08 Å². The number of benzene rings is 3. The summed E-state index contributed by atoms with van der Waals surface area (Å²) < 4.78 is 0. The summed E-state index contributed by atoms with van der Waals surface area (Å²) in [7, 11) is 0. The van der Waals surface area contributed by atoms with Gasteiger partial charge in [0.2, 0.25) is 5.91 Å². The minimum absolute atomic E-state index is 0.168. The Hall–Kier alpha value is -3.90. The summed E-state index contributed by atoms with van der Waals surface area (Å²) in [4.78, 5) is 27.4. The van der Waals surface area contributed by atoms with Crippen LogP contribution < -0.4 is 16.0 Å². The predicted molar refractivity (Wildman–Crippen MR) is 148 cm³/mol. The molecule has 3 aromatic rings. The molecular weight excluding hydrogens is 448 g/mol. The lowest BCUT2D eigenvalue weighted by Crippen LogP contribution is -2.38. The number of hydrogen-bond donors (Lipinski definition) is 3. The van der Waals surface area contributed by atoms with E-state index < -0.39 is 0 Å². The van der Waals surface area contributed by atoms with Crippen molar-refractivity contribution in [1.29, 1.82) is 0 Å². The van der Waals surface area contributed by atoms with Crippen molar-refractivity contribution in [3.8, 4) is 11.1 Å². The zero-order valence-corrected chi connectivity index (χ0v) is 21.1. The van der Waals surface area contributed by atoms with Gasteiger partial charge in [0, 0.05) is 24.9 Å². The Morgan fingerprint density at radius 3 is 2.08 bits per heavy atom. The van der Waals surface area contributed by atoms with Crippen molar-refractivity contribution in [2.45, 2.75) is 26.3 Å². The second-order valence-electron chi connectivity index (χ2n) is 8.52. The van der Waals surface area contributed by atoms with E-state index in [1.807, 2.05) is 72.8 Å². The van der Waals surface area contributed by atoms with Crippen molar-refractivity contribution in [2.75, 3.05) is 31.5 Å². The number of likely N-dealkylation sites (N-methyl/N-ethyl adjacent to an activating group) is 1. The molecule has 0 heterocycles. The molecule has 6 nitrogen and oxygen atoms in total. The molecule has 3 N–H and O–H groups in total. The Labute approximate surface area is 214 Å². The van der Waals surface area contributed by atoms with Crippen LogP contribution in [-0.4, -0.2) is 49.1 Å². The van der Waals surface area contributed by atoms with E-state index in [0.29, 0.717) is 18.7 Å². The van der Waals surface area contributed by atoms with Crippen LogP contribution >= 0.6 is 0 Å². The average Bonchev–Trinajstić information content (AvgIpc) is 2.91. The second kappa shape index (κ2) is 14.5. The minimum Gasteiger partial charge on any atom is -0.351 e. The summed E-state index contributed by atoms with van der Waals surface area (Å²) >= 11 is 0. The normalized spacial score (nSPS) is 11.9. The molecule has 0 aromatic heterocycles. The van der Waals surface area contributed by atoms with Crippen LogP contribution in [0.5, 0.6) is 0 Å². The number of hydrogen-bond acceptors (Lipinski definition) is 3. The molecule has 3 rings (SSSR count). The standard InChI is InChI=1S/C30H36N4O2/c1-3-34(4-2)22-21-31-29(35)20-19-28(23-24-11-7-5-8-12-24)33-30(36)32-27-17-15-26(16-18-27)25-13-9-6-10-14-25/h5-20,28H,3-4,21-23H2,1-2H3,(H,31,35)(H2,32,33,36)/t28-/m1/s1. The number of anilines is 1. The number of rotatable bonds is 12. The van der Waals surface area contributed by atoms with Crippen LogP contribution in [0.15, 0.2) is 97.1 Å². The van der Waals surface area contributed by atoms with Crippen molar-refractivity contribution in [1.82, 2.24) is 15.5 Å². The van der Waals surface area contributed by atoms with Crippen LogP contribution in [0.1, 0.15) is 19.4 Å². The number of nitrogens with one attached hydrogen (secondary N) is 3. The summed E-state index contributed by atoms with van der Waals surface area (Å²) in [6, 6.07) is 27.0. The van der Waals surface area contributed by atoms with Crippen LogP contribution in [0, 0.1) is 0 Å². The maximum Gasteiger partial charge on any atom is 0.319 e. The fraction of sp³-hybridized carbons (Fsp3) is 0.267. The third-order valence-corrected chi connectivity index (χ3v) is 5.97. The van der Waals surface area contributed by atoms with Crippen molar-refractivity contribution < 1.29 is 9.59 Å². The van der Waals surface area contributed by atoms with E-state index in [1.54, 1.807) is 6.08 Å². The topological polar surface area (TPSA) is 73.5 Å². The first-order chi connectivity index (χ1) is 17.6. The number of urea groups is 1. The fourth-order valence-electron chi connectivity index (χ4n) is 3.89. The van der Waals surface area contributed by atoms with Crippen LogP contribution in [-0.2, 0) is 11.2 Å². The summed E-state index contributed by atoms with van der Waals surface area (Å²) in [6.07, 6.45) is 3.83. The Bertz CT molecular complexity index is 1090. The van der Waals surface area contributed by atoms with Gasteiger partial charge in [-0.2, -0.15) is 0 Å². The number of amides is 3. The van der Waals surface area contributed by atoms with Crippen molar-refractivity contribution in [3.05, 3.63) is 103 Å². The van der Waals surface area contributed by atoms with Gasteiger partial charge < -0.3 is 20.9 Å². The quantitative estimate of drug-likeness (QED) is 0.313. The van der Waals surface area contributed by atoms with Crippen LogP contribution in [0.4, 0.5) is 10.5 Å². The predicted octanol–water partition coefficient (Wildman–Crippen LogP) is 5.10. The van der Waals surface area contributed by atoms with Gasteiger partial charge in [-0.05, 0) is 48.3 Å². The molecule has 0 aliphatic rings. The smallest absolute Gasteiger partial charge is 0.319 e. The molecule has 3 aromatic carbocycles. The van der Waals surface area contributed by atoms with Crippen molar-refractivity contribution >= 4 is 17.6 Å². The van der Waals surface area contributed by atoms with Gasteiger partial charge in [-0.15, -0.1) is 0 Å². The molecule has 0 radical (unpaired) electrons. The molecular formula is C30H36N4O2. The molecule has 0 unspecified atom stereocenters. The van der Waals surface area contributed by atoms with E-state index in [-0.39, 0.29) is 18.0 Å². The Balaban J connectivity index is 1.59. The molecule has 36 heavy (non-hydrogen) atoms. The zero-order chi connectivity index (χ0) is 25.6. The van der Waals surface area contributed by atoms with Gasteiger partial charge in [0.25, 0.3) is 0 Å². The molecule has 1 atom stereocenters. The van der Waals surface area contributed by atoms with Gasteiger partial charge in [0.15, 0.2) is 0 Å². The number of carbonyl (C=O) groups is 2. The maximum absolute atomic E-state index is 12.8. The van der Waals surface area contributed by atoms with Crippen LogP contribution in [0.3, 0.4) is 0 Å². The van der Waals surface area contributed by atoms with E-state index >= 15 is 0 Å². The molecule has 0 bridgehead atoms. The van der Waals surface area contributed by atoms with Crippen LogP contribution in [0.25, 0.3) is 11.1 Å². The maximum atomic E-state index is 12.8. The van der Waals surface area contributed by atoms with Gasteiger partial charge >= 0.3 is 6.03 Å².